The SMILES string of the molecule is CC(C)[C@@H](NC(=O)[C@@H]1CCn2ccnc2C1)c1ccc(Cl)cc1F. The Kier molecular flexibility index (Phi) is 4.90. The minimum atomic E-state index is -0.388. The number of benzene rings is 1. The minimum Gasteiger partial charge on any atom is -0.349 e. The Labute approximate surface area is 146 Å². The Morgan fingerprint density at radius 3 is 2.96 bits per heavy atom. The molecule has 0 radical (unpaired) electrons. The lowest BCUT2D eigenvalue weighted by molar-refractivity contribution is -0.126. The van der Waals surface area contributed by atoms with Gasteiger partial charge in [0.1, 0.15) is 11.6 Å². The number of nitrogens with one attached hydrogen (secondary N) is 1. The van der Waals surface area contributed by atoms with Crippen LogP contribution in [0, 0.1) is 17.7 Å². The van der Waals surface area contributed by atoms with Gasteiger partial charge in [-0.3, -0.25) is 4.79 Å². The zero-order valence-electron chi connectivity index (χ0n) is 13.8. The highest BCUT2D eigenvalue weighted by Gasteiger charge is 2.29. The van der Waals surface area contributed by atoms with Crippen LogP contribution in [-0.4, -0.2) is 15.5 Å². The van der Waals surface area contributed by atoms with Crippen molar-refractivity contribution in [2.45, 2.75) is 39.3 Å². The van der Waals surface area contributed by atoms with Crippen LogP contribution in [0.15, 0.2) is 30.6 Å². The number of rotatable bonds is 4. The fourth-order valence-electron chi connectivity index (χ4n) is 3.20. The molecule has 4 nitrogen and oxygen atoms in total. The molecule has 0 aliphatic carbocycles. The molecule has 0 unspecified atom stereocenters. The van der Waals surface area contributed by atoms with E-state index < -0.39 is 0 Å². The summed E-state index contributed by atoms with van der Waals surface area (Å²) in [6.07, 6.45) is 5.08. The van der Waals surface area contributed by atoms with Gasteiger partial charge in [-0.15, -0.1) is 0 Å². The van der Waals surface area contributed by atoms with Gasteiger partial charge in [-0.2, -0.15) is 0 Å². The topological polar surface area (TPSA) is 46.9 Å². The molecule has 0 bridgehead atoms. The maximum Gasteiger partial charge on any atom is 0.224 e. The molecular formula is C18H21ClFN3O. The number of fused-ring (bicyclic) bond motifs is 1. The van der Waals surface area contributed by atoms with Gasteiger partial charge in [-0.1, -0.05) is 31.5 Å². The molecule has 1 aliphatic heterocycles. The van der Waals surface area contributed by atoms with E-state index in [2.05, 4.69) is 14.9 Å². The van der Waals surface area contributed by atoms with Crippen LogP contribution >= 0.6 is 11.6 Å². The lowest BCUT2D eigenvalue weighted by Crippen LogP contribution is -2.39. The second kappa shape index (κ2) is 6.93. The van der Waals surface area contributed by atoms with Crippen molar-refractivity contribution in [2.24, 2.45) is 11.8 Å². The maximum absolute atomic E-state index is 14.3. The molecule has 2 heterocycles. The van der Waals surface area contributed by atoms with Crippen molar-refractivity contribution in [1.82, 2.24) is 14.9 Å². The summed E-state index contributed by atoms with van der Waals surface area (Å²) in [5.74, 6) is 0.435. The number of aromatic nitrogens is 2. The van der Waals surface area contributed by atoms with E-state index in [4.69, 9.17) is 11.6 Å². The summed E-state index contributed by atoms with van der Waals surface area (Å²) in [6, 6.07) is 4.21. The van der Waals surface area contributed by atoms with Crippen LogP contribution in [-0.2, 0) is 17.8 Å². The molecule has 6 heteroatoms. The van der Waals surface area contributed by atoms with Crippen LogP contribution in [0.25, 0.3) is 0 Å². The fourth-order valence-corrected chi connectivity index (χ4v) is 3.36. The molecule has 1 aromatic carbocycles. The van der Waals surface area contributed by atoms with Gasteiger partial charge in [0.25, 0.3) is 0 Å². The average molecular weight is 350 g/mol. The van der Waals surface area contributed by atoms with Crippen molar-refractivity contribution >= 4 is 17.5 Å². The number of amides is 1. The molecule has 1 amide bonds. The lowest BCUT2D eigenvalue weighted by atomic mass is 9.92. The Hall–Kier alpha value is -1.88. The highest BCUT2D eigenvalue weighted by molar-refractivity contribution is 6.30. The van der Waals surface area contributed by atoms with E-state index >= 15 is 0 Å². The van der Waals surface area contributed by atoms with Crippen LogP contribution < -0.4 is 5.32 Å². The highest BCUT2D eigenvalue weighted by atomic mass is 35.5. The van der Waals surface area contributed by atoms with Gasteiger partial charge < -0.3 is 9.88 Å². The number of halogens is 2. The quantitative estimate of drug-likeness (QED) is 0.913. The van der Waals surface area contributed by atoms with E-state index in [0.29, 0.717) is 17.0 Å². The van der Waals surface area contributed by atoms with E-state index in [1.807, 2.05) is 20.0 Å². The molecule has 0 fully saturated rings. The van der Waals surface area contributed by atoms with Gasteiger partial charge >= 0.3 is 0 Å². The van der Waals surface area contributed by atoms with Crippen LogP contribution in [0.3, 0.4) is 0 Å². The number of carbonyl (C=O) groups excluding carboxylic acids is 1. The fraction of sp³-hybridized carbons (Fsp3) is 0.444. The third-order valence-electron chi connectivity index (χ3n) is 4.58. The normalized spacial score (nSPS) is 18.3. The molecular weight excluding hydrogens is 329 g/mol. The van der Waals surface area contributed by atoms with Gasteiger partial charge in [0.15, 0.2) is 0 Å². The van der Waals surface area contributed by atoms with Crippen LogP contribution in [0.1, 0.15) is 37.7 Å². The zero-order valence-corrected chi connectivity index (χ0v) is 14.6. The minimum absolute atomic E-state index is 0.0442. The summed E-state index contributed by atoms with van der Waals surface area (Å²) in [5.41, 5.74) is 0.472. The first-order valence-corrected chi connectivity index (χ1v) is 8.59. The van der Waals surface area contributed by atoms with Crippen LogP contribution in [0.5, 0.6) is 0 Å². The molecule has 2 aromatic rings. The van der Waals surface area contributed by atoms with Gasteiger partial charge in [-0.25, -0.2) is 9.37 Å². The molecule has 1 N–H and O–H groups in total. The van der Waals surface area contributed by atoms with Gasteiger partial charge in [0.2, 0.25) is 5.91 Å². The smallest absolute Gasteiger partial charge is 0.224 e. The van der Waals surface area contributed by atoms with Crippen molar-refractivity contribution in [3.8, 4) is 0 Å². The number of hydrogen-bond acceptors (Lipinski definition) is 2. The van der Waals surface area contributed by atoms with E-state index in [-0.39, 0.29) is 29.6 Å². The van der Waals surface area contributed by atoms with Crippen molar-refractivity contribution < 1.29 is 9.18 Å². The summed E-state index contributed by atoms with van der Waals surface area (Å²) in [6.45, 7) is 4.72. The number of hydrogen-bond donors (Lipinski definition) is 1. The number of nitrogens with zero attached hydrogens (tertiary/aromatic N) is 2. The zero-order chi connectivity index (χ0) is 17.3. The Morgan fingerprint density at radius 2 is 2.25 bits per heavy atom. The van der Waals surface area contributed by atoms with Crippen molar-refractivity contribution in [2.75, 3.05) is 0 Å². The Morgan fingerprint density at radius 1 is 1.46 bits per heavy atom. The summed E-state index contributed by atoms with van der Waals surface area (Å²) in [7, 11) is 0. The second-order valence-corrected chi connectivity index (χ2v) is 7.06. The van der Waals surface area contributed by atoms with E-state index in [9.17, 15) is 9.18 Å². The van der Waals surface area contributed by atoms with Gasteiger partial charge in [-0.05, 0) is 24.5 Å². The van der Waals surface area contributed by atoms with E-state index in [1.54, 1.807) is 18.3 Å². The predicted molar refractivity (Wildman–Crippen MR) is 91.2 cm³/mol. The molecule has 0 saturated carbocycles. The summed E-state index contributed by atoms with van der Waals surface area (Å²) in [5, 5.41) is 3.38. The molecule has 128 valence electrons. The maximum atomic E-state index is 14.3. The van der Waals surface area contributed by atoms with Crippen molar-refractivity contribution in [1.29, 1.82) is 0 Å². The van der Waals surface area contributed by atoms with Gasteiger partial charge in [0.05, 0.1) is 6.04 Å². The second-order valence-electron chi connectivity index (χ2n) is 6.62. The van der Waals surface area contributed by atoms with E-state index in [0.717, 1.165) is 18.8 Å². The molecule has 1 aromatic heterocycles. The molecule has 1 aliphatic rings. The summed E-state index contributed by atoms with van der Waals surface area (Å²) >= 11 is 5.83. The van der Waals surface area contributed by atoms with Crippen LogP contribution in [0.4, 0.5) is 4.39 Å². The summed E-state index contributed by atoms with van der Waals surface area (Å²) in [4.78, 5) is 17.0. The molecule has 0 spiro atoms. The molecule has 0 saturated heterocycles. The molecule has 3 rings (SSSR count). The Bertz CT molecular complexity index is 744. The van der Waals surface area contributed by atoms with E-state index in [1.165, 1.54) is 6.07 Å². The first-order chi connectivity index (χ1) is 11.5. The largest absolute Gasteiger partial charge is 0.349 e. The van der Waals surface area contributed by atoms with Crippen molar-refractivity contribution in [3.63, 3.8) is 0 Å². The highest BCUT2D eigenvalue weighted by Crippen LogP contribution is 2.28. The Balaban J connectivity index is 1.75. The standard InChI is InChI=1S/C18H21ClFN3O/c1-11(2)17(14-4-3-13(19)10-15(14)20)22-18(24)12-5-7-23-8-6-21-16(23)9-12/h3-4,6,8,10-12,17H,5,7,9H2,1-2H3,(H,22,24)/t12-,17-/m1/s1. The third kappa shape index (κ3) is 3.46. The predicted octanol–water partition coefficient (Wildman–Crippen LogP) is 3.75. The van der Waals surface area contributed by atoms with Crippen LogP contribution in [0.2, 0.25) is 5.02 Å². The molecule has 2 atom stereocenters. The monoisotopic (exact) mass is 349 g/mol. The number of aryl methyl sites for hydroxylation is 1. The first-order valence-electron chi connectivity index (χ1n) is 8.21. The van der Waals surface area contributed by atoms with Gasteiger partial charge in [0, 0.05) is 41.9 Å². The average Bonchev–Trinajstić information content (AvgIpc) is 3.00. The number of carbonyl (C=O) groups is 1. The van der Waals surface area contributed by atoms with Crippen molar-refractivity contribution in [3.05, 3.63) is 52.8 Å². The number of imidazole rings is 1. The molecule has 24 heavy (non-hydrogen) atoms. The third-order valence-corrected chi connectivity index (χ3v) is 4.82. The first kappa shape index (κ1) is 17.0. The summed E-state index contributed by atoms with van der Waals surface area (Å²) < 4.78 is 16.3. The lowest BCUT2D eigenvalue weighted by Gasteiger charge is -2.28.